The second-order valence-corrected chi connectivity index (χ2v) is 7.70. The largest absolute Gasteiger partial charge is 0.462 e. The number of halogens is 29. The molecule has 4 atom stereocenters. The summed E-state index contributed by atoms with van der Waals surface area (Å²) in [4.78, 5) is 0. The Morgan fingerprint density at radius 2 is 0.532 bits per heavy atom. The molecular weight excluding hydrogens is 783 g/mol. The van der Waals surface area contributed by atoms with Gasteiger partial charge in [-0.2, -0.15) is 123 Å². The molecule has 33 heteroatoms. The Hall–Kier alpha value is -2.19. The Labute approximate surface area is 233 Å². The van der Waals surface area contributed by atoms with Gasteiger partial charge in [-0.1, -0.05) is 0 Å². The second-order valence-electron chi connectivity index (χ2n) is 7.70. The molecule has 0 rings (SSSR count). The van der Waals surface area contributed by atoms with Gasteiger partial charge >= 0.3 is 78.8 Å². The van der Waals surface area contributed by atoms with Gasteiger partial charge in [0.1, 0.15) is 0 Å². The van der Waals surface area contributed by atoms with E-state index in [1.807, 2.05) is 0 Å². The molecule has 0 radical (unpaired) electrons. The number of ether oxygens (including phenoxy) is 4. The first-order chi connectivity index (χ1) is 19.7. The van der Waals surface area contributed by atoms with Crippen LogP contribution in [0.5, 0.6) is 0 Å². The van der Waals surface area contributed by atoms with Crippen molar-refractivity contribution < 1.29 is 146 Å². The lowest BCUT2D eigenvalue weighted by Crippen LogP contribution is -2.71. The molecule has 0 amide bonds. The molecule has 0 aromatic carbocycles. The van der Waals surface area contributed by atoms with Gasteiger partial charge in [0.25, 0.3) is 6.36 Å². The van der Waals surface area contributed by atoms with E-state index in [-0.39, 0.29) is 0 Å². The van der Waals surface area contributed by atoms with Crippen LogP contribution in [0, 0.1) is 0 Å². The van der Waals surface area contributed by atoms with Gasteiger partial charge < -0.3 is 0 Å². The van der Waals surface area contributed by atoms with E-state index in [2.05, 4.69) is 0 Å². The molecule has 0 saturated carbocycles. The molecule has 0 aliphatic rings. The summed E-state index contributed by atoms with van der Waals surface area (Å²) < 4.78 is 381. The average molecular weight is 784 g/mol. The lowest BCUT2D eigenvalue weighted by molar-refractivity contribution is -0.590. The Kier molecular flexibility index (Phi) is 11.2. The molecule has 0 aromatic rings. The van der Waals surface area contributed by atoms with Crippen molar-refractivity contribution in [3.8, 4) is 0 Å². The van der Waals surface area contributed by atoms with Crippen molar-refractivity contribution in [1.82, 2.24) is 0 Å². The van der Waals surface area contributed by atoms with Crippen LogP contribution in [0.3, 0.4) is 0 Å². The average Bonchev–Trinajstić information content (AvgIpc) is 2.73. The van der Waals surface area contributed by atoms with E-state index in [1.165, 1.54) is 4.74 Å². The van der Waals surface area contributed by atoms with Gasteiger partial charge in [-0.15, -0.1) is 0 Å². The summed E-state index contributed by atoms with van der Waals surface area (Å²) in [6, 6.07) is 0. The minimum absolute atomic E-state index is 0.844. The van der Waals surface area contributed by atoms with Crippen molar-refractivity contribution in [3.63, 3.8) is 0 Å². The van der Waals surface area contributed by atoms with E-state index in [1.54, 1.807) is 0 Å². The minimum atomic E-state index is -9.13. The summed E-state index contributed by atoms with van der Waals surface area (Å²) in [7, 11) is 0. The molecular formula is C14HF29O4. The van der Waals surface area contributed by atoms with Crippen LogP contribution in [0.2, 0.25) is 0 Å². The highest BCUT2D eigenvalue weighted by atomic mass is 19.4. The maximum absolute atomic E-state index is 14.2. The van der Waals surface area contributed by atoms with E-state index < -0.39 is 85.2 Å². The van der Waals surface area contributed by atoms with Crippen LogP contribution in [0.4, 0.5) is 127 Å². The Morgan fingerprint density at radius 3 is 0.745 bits per heavy atom. The van der Waals surface area contributed by atoms with Gasteiger partial charge in [0, 0.05) is 0 Å². The fourth-order valence-corrected chi connectivity index (χ4v) is 2.01. The number of alkyl halides is 29. The highest BCUT2D eigenvalue weighted by Crippen LogP contribution is 2.60. The Balaban J connectivity index is 7.48. The van der Waals surface area contributed by atoms with Crippen molar-refractivity contribution in [1.29, 1.82) is 0 Å². The van der Waals surface area contributed by atoms with E-state index in [0.29, 0.717) is 0 Å². The van der Waals surface area contributed by atoms with Crippen molar-refractivity contribution in [2.75, 3.05) is 0 Å². The van der Waals surface area contributed by atoms with E-state index in [9.17, 15) is 127 Å². The molecule has 0 saturated heterocycles. The highest BCUT2D eigenvalue weighted by Gasteiger charge is 2.89. The molecule has 0 aromatic heterocycles. The Bertz CT molecular complexity index is 1080. The third kappa shape index (κ3) is 7.84. The zero-order valence-corrected chi connectivity index (χ0v) is 19.7. The maximum atomic E-state index is 14.2. The predicted molar refractivity (Wildman–Crippen MR) is 75.8 cm³/mol. The van der Waals surface area contributed by atoms with Crippen LogP contribution in [0.15, 0.2) is 0 Å². The molecule has 47 heavy (non-hydrogen) atoms. The smallest absolute Gasteiger partial charge is 0.272 e. The predicted octanol–water partition coefficient (Wildman–Crippen LogP) is 9.16. The number of hydrogen-bond acceptors (Lipinski definition) is 4. The van der Waals surface area contributed by atoms with Gasteiger partial charge in [0.05, 0.1) is 0 Å². The minimum Gasteiger partial charge on any atom is -0.272 e. The van der Waals surface area contributed by atoms with Gasteiger partial charge in [-0.25, -0.2) is 4.39 Å². The van der Waals surface area contributed by atoms with Crippen LogP contribution in [-0.4, -0.2) is 85.2 Å². The first-order valence-electron chi connectivity index (χ1n) is 9.46. The lowest BCUT2D eigenvalue weighted by Gasteiger charge is -2.43. The normalized spacial score (nSPS) is 20.4. The fraction of sp³-hybridized carbons (Fsp3) is 1.00. The van der Waals surface area contributed by atoms with Gasteiger partial charge in [-0.3, -0.25) is 18.9 Å². The summed E-state index contributed by atoms with van der Waals surface area (Å²) >= 11 is 0. The van der Waals surface area contributed by atoms with Gasteiger partial charge in [0.2, 0.25) is 0 Å². The van der Waals surface area contributed by atoms with Crippen molar-refractivity contribution >= 4 is 0 Å². The van der Waals surface area contributed by atoms with Gasteiger partial charge in [0.15, 0.2) is 0 Å². The maximum Gasteiger partial charge on any atom is 0.462 e. The van der Waals surface area contributed by atoms with Crippen LogP contribution in [-0.2, 0) is 18.9 Å². The van der Waals surface area contributed by atoms with Crippen LogP contribution in [0.1, 0.15) is 0 Å². The fourth-order valence-electron chi connectivity index (χ4n) is 2.01. The summed E-state index contributed by atoms with van der Waals surface area (Å²) in [5.41, 5.74) is 0. The zero-order chi connectivity index (χ0) is 38.9. The summed E-state index contributed by atoms with van der Waals surface area (Å²) in [6.45, 7) is 0. The van der Waals surface area contributed by atoms with E-state index >= 15 is 0 Å². The molecule has 0 N–H and O–H groups in total. The topological polar surface area (TPSA) is 36.9 Å². The summed E-state index contributed by atoms with van der Waals surface area (Å²) in [5, 5.41) is 0. The highest BCUT2D eigenvalue weighted by molar-refractivity contribution is 4.98. The summed E-state index contributed by atoms with van der Waals surface area (Å²) in [6.07, 6.45) is -81.9. The number of rotatable bonds is 12. The first-order valence-corrected chi connectivity index (χ1v) is 9.46. The third-order valence-corrected chi connectivity index (χ3v) is 4.25. The van der Waals surface area contributed by atoms with Crippen molar-refractivity contribution in [3.05, 3.63) is 0 Å². The molecule has 0 aliphatic heterocycles. The van der Waals surface area contributed by atoms with Gasteiger partial charge in [-0.05, 0) is 0 Å². The van der Waals surface area contributed by atoms with E-state index in [0.717, 1.165) is 14.2 Å². The Morgan fingerprint density at radius 1 is 0.298 bits per heavy atom. The standard InChI is InChI=1S/C14HF29O4/c15-1(2(16,17)18)44-12(38,39)4(21,8(27,28)29)46-14(42,43)6(23,10(33,34)35)47-13(40,41)5(22,9(30,31)32)45-11(36,37)3(19,20)7(24,25)26/h1H/t1-,4-,5+,6+/m1/s1. The van der Waals surface area contributed by atoms with Crippen LogP contribution < -0.4 is 0 Å². The monoisotopic (exact) mass is 784 g/mol. The summed E-state index contributed by atoms with van der Waals surface area (Å²) in [5.74, 6) is -35.1. The molecule has 0 aliphatic carbocycles. The number of hydrogen-bond donors (Lipinski definition) is 0. The van der Waals surface area contributed by atoms with Crippen molar-refractivity contribution in [2.45, 2.75) is 85.2 Å². The second kappa shape index (κ2) is 11.7. The molecule has 0 fully saturated rings. The third-order valence-electron chi connectivity index (χ3n) is 4.25. The molecule has 0 unspecified atom stereocenters. The first kappa shape index (κ1) is 44.8. The quantitative estimate of drug-likeness (QED) is 0.185. The lowest BCUT2D eigenvalue weighted by atomic mass is 10.2. The van der Waals surface area contributed by atoms with Crippen LogP contribution >= 0.6 is 0 Å². The van der Waals surface area contributed by atoms with Crippen molar-refractivity contribution in [2.24, 2.45) is 0 Å². The molecule has 284 valence electrons. The zero-order valence-electron chi connectivity index (χ0n) is 19.7. The molecule has 0 bridgehead atoms. The molecule has 0 spiro atoms. The SMILES string of the molecule is F[C@H](OC(F)(F)[C@](F)(OC(F)(F)[C@@](F)(OC(F)(F)[C@@](F)(OC(F)(F)C(F)(F)C(F)(F)F)C(F)(F)F)C(F)(F)F)C(F)(F)F)C(F)(F)F. The van der Waals surface area contributed by atoms with E-state index in [4.69, 9.17) is 0 Å². The molecule has 4 nitrogen and oxygen atoms in total. The molecule has 0 heterocycles. The van der Waals surface area contributed by atoms with Crippen LogP contribution in [0.25, 0.3) is 0 Å².